The highest BCUT2D eigenvalue weighted by molar-refractivity contribution is 5.70. The van der Waals surface area contributed by atoms with Crippen LogP contribution in [-0.4, -0.2) is 30.3 Å². The maximum absolute atomic E-state index is 11.0. The number of hydrogen-bond donors (Lipinski definition) is 2. The molecule has 2 N–H and O–H groups in total. The van der Waals surface area contributed by atoms with Crippen molar-refractivity contribution >= 4 is 5.97 Å². The Hall–Kier alpha value is -1.75. The molecule has 1 fully saturated rings. The van der Waals surface area contributed by atoms with Gasteiger partial charge in [0, 0.05) is 12.6 Å². The fourth-order valence-electron chi connectivity index (χ4n) is 2.98. The maximum Gasteiger partial charge on any atom is 0.306 e. The zero-order valence-electron chi connectivity index (χ0n) is 14.2. The summed E-state index contributed by atoms with van der Waals surface area (Å²) in [7, 11) is 1.65. The van der Waals surface area contributed by atoms with E-state index < -0.39 is 5.97 Å². The molecule has 0 aliphatic heterocycles. The van der Waals surface area contributed by atoms with Crippen LogP contribution in [0.5, 0.6) is 11.5 Å². The molecule has 1 aromatic rings. The van der Waals surface area contributed by atoms with Gasteiger partial charge in [0.15, 0.2) is 11.5 Å². The van der Waals surface area contributed by atoms with E-state index in [4.69, 9.17) is 14.6 Å². The molecule has 0 aromatic heterocycles. The molecule has 0 spiro atoms. The maximum atomic E-state index is 11.0. The fourth-order valence-corrected chi connectivity index (χ4v) is 2.98. The molecule has 0 unspecified atom stereocenters. The molecule has 5 heteroatoms. The summed E-state index contributed by atoms with van der Waals surface area (Å²) < 4.78 is 11.1. The van der Waals surface area contributed by atoms with Gasteiger partial charge in [-0.1, -0.05) is 6.07 Å². The normalized spacial score (nSPS) is 21.2. The molecule has 0 atom stereocenters. The van der Waals surface area contributed by atoms with Gasteiger partial charge in [0.05, 0.1) is 19.1 Å². The lowest BCUT2D eigenvalue weighted by Crippen LogP contribution is -2.34. The Balaban J connectivity index is 1.87. The Bertz CT molecular complexity index is 522. The number of benzene rings is 1. The van der Waals surface area contributed by atoms with E-state index >= 15 is 0 Å². The van der Waals surface area contributed by atoms with Gasteiger partial charge in [-0.05, 0) is 57.2 Å². The number of carboxylic acids is 1. The number of hydrogen-bond acceptors (Lipinski definition) is 4. The minimum Gasteiger partial charge on any atom is -0.493 e. The first kappa shape index (κ1) is 17.6. The minimum atomic E-state index is -0.658. The smallest absolute Gasteiger partial charge is 0.306 e. The third kappa shape index (κ3) is 5.13. The monoisotopic (exact) mass is 321 g/mol. The summed E-state index contributed by atoms with van der Waals surface area (Å²) in [5, 5.41) is 12.6. The highest BCUT2D eigenvalue weighted by Crippen LogP contribution is 2.29. The molecule has 0 amide bonds. The summed E-state index contributed by atoms with van der Waals surface area (Å²) in [6.07, 6.45) is 3.47. The van der Waals surface area contributed by atoms with Crippen LogP contribution in [0.2, 0.25) is 0 Å². The number of carbonyl (C=O) groups is 1. The molecule has 1 aliphatic rings. The predicted molar refractivity (Wildman–Crippen MR) is 89.0 cm³/mol. The van der Waals surface area contributed by atoms with Crippen LogP contribution in [0.4, 0.5) is 0 Å². The zero-order chi connectivity index (χ0) is 16.8. The van der Waals surface area contributed by atoms with Gasteiger partial charge in [0.2, 0.25) is 0 Å². The van der Waals surface area contributed by atoms with Crippen LogP contribution in [-0.2, 0) is 11.3 Å². The van der Waals surface area contributed by atoms with Gasteiger partial charge in [-0.3, -0.25) is 4.79 Å². The number of aliphatic carboxylic acids is 1. The van der Waals surface area contributed by atoms with E-state index in [1.807, 2.05) is 32.0 Å². The standard InChI is InChI=1S/C18H27NO4/c1-12(2)23-16-9-4-13(10-17(16)22-3)11-19-15-7-5-14(6-8-15)18(20)21/h4,9-10,12,14-15,19H,5-8,11H2,1-3H3,(H,20,21). The van der Waals surface area contributed by atoms with Crippen molar-refractivity contribution in [3.8, 4) is 11.5 Å². The summed E-state index contributed by atoms with van der Waals surface area (Å²) in [6, 6.07) is 6.36. The number of rotatable bonds is 7. The fraction of sp³-hybridized carbons (Fsp3) is 0.611. The quantitative estimate of drug-likeness (QED) is 0.807. The van der Waals surface area contributed by atoms with Crippen molar-refractivity contribution in [2.45, 2.75) is 58.2 Å². The summed E-state index contributed by atoms with van der Waals surface area (Å²) in [5.41, 5.74) is 1.14. The van der Waals surface area contributed by atoms with E-state index in [2.05, 4.69) is 5.32 Å². The molecule has 23 heavy (non-hydrogen) atoms. The molecule has 5 nitrogen and oxygen atoms in total. The van der Waals surface area contributed by atoms with E-state index in [1.54, 1.807) is 7.11 Å². The van der Waals surface area contributed by atoms with Gasteiger partial charge in [0.1, 0.15) is 0 Å². The number of methoxy groups -OCH3 is 1. The summed E-state index contributed by atoms with van der Waals surface area (Å²) >= 11 is 0. The Morgan fingerprint density at radius 1 is 1.26 bits per heavy atom. The van der Waals surface area contributed by atoms with Gasteiger partial charge in [0.25, 0.3) is 0 Å². The Morgan fingerprint density at radius 3 is 2.52 bits per heavy atom. The van der Waals surface area contributed by atoms with Gasteiger partial charge >= 0.3 is 5.97 Å². The van der Waals surface area contributed by atoms with Crippen LogP contribution >= 0.6 is 0 Å². The molecule has 1 saturated carbocycles. The largest absolute Gasteiger partial charge is 0.493 e. The van der Waals surface area contributed by atoms with Crippen molar-refractivity contribution in [2.75, 3.05) is 7.11 Å². The van der Waals surface area contributed by atoms with Crippen LogP contribution in [0, 0.1) is 5.92 Å². The highest BCUT2D eigenvalue weighted by Gasteiger charge is 2.25. The molecule has 0 radical (unpaired) electrons. The Morgan fingerprint density at radius 2 is 1.96 bits per heavy atom. The van der Waals surface area contributed by atoms with Crippen LogP contribution < -0.4 is 14.8 Å². The lowest BCUT2D eigenvalue weighted by molar-refractivity contribution is -0.142. The first-order valence-electron chi connectivity index (χ1n) is 8.29. The molecule has 2 rings (SSSR count). The molecule has 128 valence electrons. The zero-order valence-corrected chi connectivity index (χ0v) is 14.2. The van der Waals surface area contributed by atoms with E-state index in [0.717, 1.165) is 49.3 Å². The van der Waals surface area contributed by atoms with Crippen molar-refractivity contribution < 1.29 is 19.4 Å². The van der Waals surface area contributed by atoms with Gasteiger partial charge in [-0.15, -0.1) is 0 Å². The van der Waals surface area contributed by atoms with Crippen molar-refractivity contribution in [3.63, 3.8) is 0 Å². The number of carboxylic acid groups (broad SMARTS) is 1. The van der Waals surface area contributed by atoms with E-state index in [0.29, 0.717) is 6.04 Å². The van der Waals surface area contributed by atoms with Crippen molar-refractivity contribution in [1.29, 1.82) is 0 Å². The third-order valence-electron chi connectivity index (χ3n) is 4.26. The van der Waals surface area contributed by atoms with E-state index in [1.165, 1.54) is 0 Å². The van der Waals surface area contributed by atoms with Crippen molar-refractivity contribution in [2.24, 2.45) is 5.92 Å². The van der Waals surface area contributed by atoms with E-state index in [9.17, 15) is 4.79 Å². The predicted octanol–water partition coefficient (Wildman–Crippen LogP) is 3.22. The SMILES string of the molecule is COc1cc(CNC2CCC(C(=O)O)CC2)ccc1OC(C)C. The summed E-state index contributed by atoms with van der Waals surface area (Å²) in [4.78, 5) is 11.0. The molecule has 0 bridgehead atoms. The van der Waals surface area contributed by atoms with Crippen molar-refractivity contribution in [3.05, 3.63) is 23.8 Å². The topological polar surface area (TPSA) is 67.8 Å². The second-order valence-corrected chi connectivity index (χ2v) is 6.42. The van der Waals surface area contributed by atoms with Crippen LogP contribution in [0.1, 0.15) is 45.1 Å². The second kappa shape index (κ2) is 8.20. The highest BCUT2D eigenvalue weighted by atomic mass is 16.5. The molecule has 1 aliphatic carbocycles. The lowest BCUT2D eigenvalue weighted by Gasteiger charge is -2.27. The third-order valence-corrected chi connectivity index (χ3v) is 4.26. The summed E-state index contributed by atoms with van der Waals surface area (Å²) in [6.45, 7) is 4.73. The van der Waals surface area contributed by atoms with Gasteiger partial charge in [-0.25, -0.2) is 0 Å². The number of ether oxygens (including phenoxy) is 2. The first-order valence-corrected chi connectivity index (χ1v) is 8.29. The van der Waals surface area contributed by atoms with Crippen LogP contribution in [0.15, 0.2) is 18.2 Å². The van der Waals surface area contributed by atoms with Crippen LogP contribution in [0.25, 0.3) is 0 Å². The van der Waals surface area contributed by atoms with Crippen molar-refractivity contribution in [1.82, 2.24) is 5.32 Å². The molecule has 1 aromatic carbocycles. The average Bonchev–Trinajstić information content (AvgIpc) is 2.53. The van der Waals surface area contributed by atoms with E-state index in [-0.39, 0.29) is 12.0 Å². The lowest BCUT2D eigenvalue weighted by atomic mass is 9.86. The van der Waals surface area contributed by atoms with Gasteiger partial charge < -0.3 is 19.9 Å². The van der Waals surface area contributed by atoms with Gasteiger partial charge in [-0.2, -0.15) is 0 Å². The molecule has 0 saturated heterocycles. The second-order valence-electron chi connectivity index (χ2n) is 6.42. The van der Waals surface area contributed by atoms with Crippen LogP contribution in [0.3, 0.4) is 0 Å². The molecular formula is C18H27NO4. The summed E-state index contributed by atoms with van der Waals surface area (Å²) in [5.74, 6) is 0.676. The Kier molecular flexibility index (Phi) is 6.28. The average molecular weight is 321 g/mol. The molecule has 0 heterocycles. The number of nitrogens with one attached hydrogen (secondary N) is 1. The minimum absolute atomic E-state index is 0.109. The first-order chi connectivity index (χ1) is 11.0. The Labute approximate surface area is 138 Å². The molecular weight excluding hydrogens is 294 g/mol.